The van der Waals surface area contributed by atoms with Crippen LogP contribution in [-0.4, -0.2) is 47.0 Å². The number of Topliss-reactive ketones (excluding diaryl/α,β-unsaturated/α-hetero) is 1. The molecule has 3 aliphatic rings. The van der Waals surface area contributed by atoms with Crippen molar-refractivity contribution in [3.05, 3.63) is 75.7 Å². The van der Waals surface area contributed by atoms with Gasteiger partial charge in [-0.1, -0.05) is 42.8 Å². The van der Waals surface area contributed by atoms with Gasteiger partial charge in [-0.05, 0) is 47.7 Å². The van der Waals surface area contributed by atoms with Gasteiger partial charge in [0.05, 0.1) is 18.2 Å². The number of likely N-dealkylation sites (tertiary alicyclic amines) is 1. The summed E-state index contributed by atoms with van der Waals surface area (Å²) < 4.78 is 14.0. The maximum Gasteiger partial charge on any atom is 0.254 e. The van der Waals surface area contributed by atoms with Crippen LogP contribution < -0.4 is 5.32 Å². The lowest BCUT2D eigenvalue weighted by molar-refractivity contribution is -0.127. The molecule has 1 aliphatic carbocycles. The Morgan fingerprint density at radius 3 is 2.64 bits per heavy atom. The second kappa shape index (κ2) is 10.1. The standard InChI is InChI=1S/C28H29ClFN3O3/c1-2-11-32-15-21-19(8-4-9-22(21)29)26(23(32)16-33-12-5-10-25(33)35)28(36)31-27(20-14-24(20)34)17-6-3-7-18(30)13-17/h3-4,6-9,13,20,27H,2,5,10-12,14-16H2,1H3,(H,31,36)/t20?,27-/m1/s1. The third-order valence-electron chi connectivity index (χ3n) is 7.21. The van der Waals surface area contributed by atoms with E-state index in [2.05, 4.69) is 17.1 Å². The quantitative estimate of drug-likeness (QED) is 0.569. The zero-order chi connectivity index (χ0) is 25.4. The first-order chi connectivity index (χ1) is 17.4. The van der Waals surface area contributed by atoms with E-state index in [0.717, 1.165) is 29.7 Å². The number of ketones is 1. The molecule has 2 amide bonds. The molecular weight excluding hydrogens is 481 g/mol. The Morgan fingerprint density at radius 1 is 1.19 bits per heavy atom. The number of hydrogen-bond donors (Lipinski definition) is 1. The summed E-state index contributed by atoms with van der Waals surface area (Å²) in [6.45, 7) is 4.31. The molecule has 2 aromatic carbocycles. The Balaban J connectivity index is 1.58. The Kier molecular flexibility index (Phi) is 6.84. The first-order valence-electron chi connectivity index (χ1n) is 12.5. The molecule has 0 spiro atoms. The van der Waals surface area contributed by atoms with Gasteiger partial charge < -0.3 is 15.1 Å². The Hall–Kier alpha value is -3.19. The number of halogens is 2. The molecule has 0 aromatic heterocycles. The fraction of sp³-hybridized carbons (Fsp3) is 0.393. The Morgan fingerprint density at radius 2 is 1.97 bits per heavy atom. The normalized spacial score (nSPS) is 20.0. The van der Waals surface area contributed by atoms with Gasteiger partial charge in [-0.25, -0.2) is 4.39 Å². The molecule has 1 saturated carbocycles. The van der Waals surface area contributed by atoms with Gasteiger partial charge in [-0.2, -0.15) is 0 Å². The van der Waals surface area contributed by atoms with Crippen LogP contribution in [-0.2, 0) is 20.9 Å². The van der Waals surface area contributed by atoms with Gasteiger partial charge in [0.2, 0.25) is 5.91 Å². The molecule has 2 fully saturated rings. The number of benzene rings is 2. The first kappa shape index (κ1) is 24.5. The van der Waals surface area contributed by atoms with Crippen molar-refractivity contribution in [3.63, 3.8) is 0 Å². The van der Waals surface area contributed by atoms with Crippen molar-refractivity contribution < 1.29 is 18.8 Å². The molecule has 6 nitrogen and oxygen atoms in total. The van der Waals surface area contributed by atoms with Crippen molar-refractivity contribution in [1.82, 2.24) is 15.1 Å². The second-order valence-corrected chi connectivity index (χ2v) is 10.1. The highest BCUT2D eigenvalue weighted by molar-refractivity contribution is 6.32. The van der Waals surface area contributed by atoms with E-state index in [0.29, 0.717) is 55.2 Å². The van der Waals surface area contributed by atoms with Crippen LogP contribution >= 0.6 is 11.6 Å². The van der Waals surface area contributed by atoms with E-state index in [1.807, 2.05) is 18.2 Å². The average molecular weight is 510 g/mol. The molecule has 5 rings (SSSR count). The Labute approximate surface area is 215 Å². The predicted octanol–water partition coefficient (Wildman–Crippen LogP) is 4.48. The zero-order valence-electron chi connectivity index (χ0n) is 20.2. The number of amides is 2. The average Bonchev–Trinajstić information content (AvgIpc) is 3.44. The minimum absolute atomic E-state index is 0.0427. The highest BCUT2D eigenvalue weighted by Gasteiger charge is 2.44. The van der Waals surface area contributed by atoms with Crippen LogP contribution in [0.5, 0.6) is 0 Å². The maximum atomic E-state index is 14.0. The van der Waals surface area contributed by atoms with E-state index in [1.54, 1.807) is 17.0 Å². The molecule has 2 atom stereocenters. The molecule has 2 aromatic rings. The SMILES string of the molecule is CCCN1Cc2c(Cl)cccc2C(C(=O)N[C@H](c2cccc(F)c2)C2CC2=O)=C1CN1CCCC1=O. The van der Waals surface area contributed by atoms with Crippen molar-refractivity contribution >= 4 is 34.8 Å². The molecule has 1 saturated heterocycles. The molecule has 0 bridgehead atoms. The van der Waals surface area contributed by atoms with E-state index in [-0.39, 0.29) is 23.5 Å². The third kappa shape index (κ3) is 4.76. The number of fused-ring (bicyclic) bond motifs is 1. The summed E-state index contributed by atoms with van der Waals surface area (Å²) in [5.74, 6) is -1.03. The van der Waals surface area contributed by atoms with Crippen molar-refractivity contribution in [1.29, 1.82) is 0 Å². The number of nitrogens with one attached hydrogen (secondary N) is 1. The number of rotatable bonds is 8. The first-order valence-corrected chi connectivity index (χ1v) is 12.9. The minimum atomic E-state index is -0.632. The number of hydrogen-bond acceptors (Lipinski definition) is 4. The van der Waals surface area contributed by atoms with Gasteiger partial charge in [-0.3, -0.25) is 14.4 Å². The lowest BCUT2D eigenvalue weighted by atomic mass is 9.91. The molecule has 0 radical (unpaired) electrons. The molecular formula is C28H29ClFN3O3. The molecule has 8 heteroatoms. The van der Waals surface area contributed by atoms with Crippen molar-refractivity contribution in [2.24, 2.45) is 5.92 Å². The van der Waals surface area contributed by atoms with Gasteiger partial charge in [0.25, 0.3) is 5.91 Å². The van der Waals surface area contributed by atoms with Crippen LogP contribution in [0.4, 0.5) is 4.39 Å². The minimum Gasteiger partial charge on any atom is -0.368 e. The summed E-state index contributed by atoms with van der Waals surface area (Å²) in [5, 5.41) is 3.63. The fourth-order valence-electron chi connectivity index (χ4n) is 5.31. The van der Waals surface area contributed by atoms with E-state index in [4.69, 9.17) is 11.6 Å². The largest absolute Gasteiger partial charge is 0.368 e. The van der Waals surface area contributed by atoms with Crippen LogP contribution in [0.15, 0.2) is 48.2 Å². The molecule has 1 unspecified atom stereocenters. The van der Waals surface area contributed by atoms with Crippen LogP contribution in [0.25, 0.3) is 5.57 Å². The smallest absolute Gasteiger partial charge is 0.254 e. The topological polar surface area (TPSA) is 69.7 Å². The summed E-state index contributed by atoms with van der Waals surface area (Å²) in [6, 6.07) is 10.9. The van der Waals surface area contributed by atoms with E-state index >= 15 is 0 Å². The van der Waals surface area contributed by atoms with Gasteiger partial charge in [0.1, 0.15) is 11.6 Å². The van der Waals surface area contributed by atoms with Gasteiger partial charge >= 0.3 is 0 Å². The van der Waals surface area contributed by atoms with E-state index in [9.17, 15) is 18.8 Å². The third-order valence-corrected chi connectivity index (χ3v) is 7.57. The highest BCUT2D eigenvalue weighted by atomic mass is 35.5. The predicted molar refractivity (Wildman–Crippen MR) is 135 cm³/mol. The van der Waals surface area contributed by atoms with Crippen molar-refractivity contribution in [2.45, 2.75) is 45.2 Å². The van der Waals surface area contributed by atoms with E-state index < -0.39 is 11.9 Å². The van der Waals surface area contributed by atoms with Gasteiger partial charge in [0, 0.05) is 49.1 Å². The molecule has 2 heterocycles. The second-order valence-electron chi connectivity index (χ2n) is 9.71. The van der Waals surface area contributed by atoms with Crippen molar-refractivity contribution in [2.75, 3.05) is 19.6 Å². The van der Waals surface area contributed by atoms with Crippen LogP contribution in [0.1, 0.15) is 55.3 Å². The molecule has 36 heavy (non-hydrogen) atoms. The van der Waals surface area contributed by atoms with Crippen LogP contribution in [0.2, 0.25) is 5.02 Å². The van der Waals surface area contributed by atoms with Crippen molar-refractivity contribution in [3.8, 4) is 0 Å². The van der Waals surface area contributed by atoms with Gasteiger partial charge in [-0.15, -0.1) is 0 Å². The summed E-state index contributed by atoms with van der Waals surface area (Å²) in [5.41, 5.74) is 3.39. The van der Waals surface area contributed by atoms with Crippen LogP contribution in [0, 0.1) is 11.7 Å². The molecule has 1 N–H and O–H groups in total. The lowest BCUT2D eigenvalue weighted by Gasteiger charge is -2.37. The fourth-order valence-corrected chi connectivity index (χ4v) is 5.55. The maximum absolute atomic E-state index is 14.0. The number of nitrogens with zero attached hydrogens (tertiary/aromatic N) is 2. The summed E-state index contributed by atoms with van der Waals surface area (Å²) >= 11 is 6.59. The van der Waals surface area contributed by atoms with E-state index in [1.165, 1.54) is 12.1 Å². The summed E-state index contributed by atoms with van der Waals surface area (Å²) in [4.78, 5) is 42.6. The zero-order valence-corrected chi connectivity index (χ0v) is 21.0. The Bertz CT molecular complexity index is 1260. The lowest BCUT2D eigenvalue weighted by Crippen LogP contribution is -2.40. The van der Waals surface area contributed by atoms with Crippen LogP contribution in [0.3, 0.4) is 0 Å². The summed E-state index contributed by atoms with van der Waals surface area (Å²) in [6.07, 6.45) is 2.51. The summed E-state index contributed by atoms with van der Waals surface area (Å²) in [7, 11) is 0. The monoisotopic (exact) mass is 509 g/mol. The molecule has 2 aliphatic heterocycles. The highest BCUT2D eigenvalue weighted by Crippen LogP contribution is 2.40. The molecule has 188 valence electrons. The number of carbonyl (C=O) groups is 3. The van der Waals surface area contributed by atoms with Gasteiger partial charge in [0.15, 0.2) is 0 Å². The number of carbonyl (C=O) groups excluding carboxylic acids is 3.